The molecule has 0 heterocycles. The molecule has 0 aromatic heterocycles. The summed E-state index contributed by atoms with van der Waals surface area (Å²) in [6.07, 6.45) is 3.72. The van der Waals surface area contributed by atoms with Crippen LogP contribution in [0, 0.1) is 40.9 Å². The molecule has 0 aromatic carbocycles. The number of nitriles is 1. The third kappa shape index (κ3) is 3.67. The molecule has 3 unspecified atom stereocenters. The van der Waals surface area contributed by atoms with Gasteiger partial charge in [0.25, 0.3) is 0 Å². The van der Waals surface area contributed by atoms with Crippen LogP contribution in [0.4, 0.5) is 0 Å². The van der Waals surface area contributed by atoms with Gasteiger partial charge in [0, 0.05) is 30.5 Å². The molecule has 0 saturated heterocycles. The van der Waals surface area contributed by atoms with E-state index in [0.29, 0.717) is 24.9 Å². The van der Waals surface area contributed by atoms with Gasteiger partial charge in [0.15, 0.2) is 0 Å². The number of amides is 2. The van der Waals surface area contributed by atoms with Gasteiger partial charge in [0.1, 0.15) is 0 Å². The van der Waals surface area contributed by atoms with E-state index < -0.39 is 0 Å². The first-order valence-electron chi connectivity index (χ1n) is 9.52. The molecule has 0 radical (unpaired) electrons. The van der Waals surface area contributed by atoms with Crippen molar-refractivity contribution in [3.05, 3.63) is 0 Å². The van der Waals surface area contributed by atoms with E-state index >= 15 is 0 Å². The molecule has 2 amide bonds. The largest absolute Gasteiger partial charge is 0.378 e. The Balaban J connectivity index is 1.24. The van der Waals surface area contributed by atoms with Crippen molar-refractivity contribution in [3.8, 4) is 6.07 Å². The van der Waals surface area contributed by atoms with Gasteiger partial charge in [0.05, 0.1) is 18.1 Å². The van der Waals surface area contributed by atoms with Crippen LogP contribution in [0.5, 0.6) is 0 Å². The molecule has 6 nitrogen and oxygen atoms in total. The molecular formula is C19H29N3O3. The predicted molar refractivity (Wildman–Crippen MR) is 92.2 cm³/mol. The van der Waals surface area contributed by atoms with E-state index in [-0.39, 0.29) is 47.8 Å². The van der Waals surface area contributed by atoms with E-state index in [1.165, 1.54) is 0 Å². The van der Waals surface area contributed by atoms with Gasteiger partial charge >= 0.3 is 0 Å². The molecule has 138 valence electrons. The molecule has 0 spiro atoms. The Morgan fingerprint density at radius 2 is 1.80 bits per heavy atom. The lowest BCUT2D eigenvalue weighted by molar-refractivity contribution is -0.140. The van der Waals surface area contributed by atoms with E-state index in [1.807, 2.05) is 20.8 Å². The first-order chi connectivity index (χ1) is 11.9. The molecule has 0 aromatic rings. The van der Waals surface area contributed by atoms with Gasteiger partial charge in [-0.05, 0) is 37.5 Å². The summed E-state index contributed by atoms with van der Waals surface area (Å²) in [4.78, 5) is 23.8. The number of hydrogen-bond acceptors (Lipinski definition) is 4. The Kier molecular flexibility index (Phi) is 5.33. The summed E-state index contributed by atoms with van der Waals surface area (Å²) >= 11 is 0. The number of rotatable bonds is 8. The number of ether oxygens (including phenoxy) is 1. The van der Waals surface area contributed by atoms with Crippen LogP contribution in [0.25, 0.3) is 0 Å². The minimum Gasteiger partial charge on any atom is -0.378 e. The lowest BCUT2D eigenvalue weighted by atomic mass is 9.45. The molecular weight excluding hydrogens is 318 g/mol. The predicted octanol–water partition coefficient (Wildman–Crippen LogP) is 1.61. The van der Waals surface area contributed by atoms with Gasteiger partial charge < -0.3 is 15.4 Å². The molecule has 2 bridgehead atoms. The zero-order chi connectivity index (χ0) is 18.1. The van der Waals surface area contributed by atoms with Crippen LogP contribution in [-0.2, 0) is 14.3 Å². The molecule has 4 fully saturated rings. The fraction of sp³-hybridized carbons (Fsp3) is 0.842. The van der Waals surface area contributed by atoms with Crippen LogP contribution in [0.1, 0.15) is 46.5 Å². The molecule has 0 aliphatic heterocycles. The Bertz CT molecular complexity index is 555. The highest BCUT2D eigenvalue weighted by Crippen LogP contribution is 2.58. The van der Waals surface area contributed by atoms with Crippen molar-refractivity contribution in [1.29, 1.82) is 5.26 Å². The maximum Gasteiger partial charge on any atom is 0.223 e. The number of hydrogen-bond donors (Lipinski definition) is 2. The Hall–Kier alpha value is -1.61. The first-order valence-corrected chi connectivity index (χ1v) is 9.52. The SMILES string of the molecule is CC(C)C(=O)NC1CC(OCCC(C)C(=O)NC2C3CC2C3C#N)C1. The van der Waals surface area contributed by atoms with E-state index in [9.17, 15) is 9.59 Å². The van der Waals surface area contributed by atoms with Crippen LogP contribution >= 0.6 is 0 Å². The molecule has 4 rings (SSSR count). The first kappa shape index (κ1) is 18.2. The topological polar surface area (TPSA) is 91.2 Å². The average Bonchev–Trinajstić information content (AvgIpc) is 2.47. The van der Waals surface area contributed by atoms with Crippen LogP contribution in [0.2, 0.25) is 0 Å². The van der Waals surface area contributed by atoms with Gasteiger partial charge in [-0.2, -0.15) is 5.26 Å². The van der Waals surface area contributed by atoms with Crippen molar-refractivity contribution in [2.75, 3.05) is 6.61 Å². The normalized spacial score (nSPS) is 36.3. The number of nitrogens with one attached hydrogen (secondary N) is 2. The summed E-state index contributed by atoms with van der Waals surface area (Å²) in [5.74, 6) is 1.07. The van der Waals surface area contributed by atoms with E-state index in [1.54, 1.807) is 0 Å². The molecule has 4 saturated carbocycles. The fourth-order valence-electron chi connectivity index (χ4n) is 3.89. The highest BCUT2D eigenvalue weighted by atomic mass is 16.5. The second kappa shape index (κ2) is 7.33. The van der Waals surface area contributed by atoms with Crippen molar-refractivity contribution < 1.29 is 14.3 Å². The highest BCUT2D eigenvalue weighted by Gasteiger charge is 2.62. The lowest BCUT2D eigenvalue weighted by Gasteiger charge is -2.61. The van der Waals surface area contributed by atoms with Crippen molar-refractivity contribution in [2.45, 2.75) is 64.6 Å². The molecule has 6 heteroatoms. The van der Waals surface area contributed by atoms with Crippen LogP contribution < -0.4 is 10.6 Å². The van der Waals surface area contributed by atoms with Crippen molar-refractivity contribution >= 4 is 11.8 Å². The molecule has 2 N–H and O–H groups in total. The number of carbonyl (C=O) groups excluding carboxylic acids is 2. The Morgan fingerprint density at radius 3 is 2.36 bits per heavy atom. The molecule has 3 atom stereocenters. The quantitative estimate of drug-likeness (QED) is 0.698. The van der Waals surface area contributed by atoms with Gasteiger partial charge in [0.2, 0.25) is 11.8 Å². The van der Waals surface area contributed by atoms with E-state index in [2.05, 4.69) is 16.7 Å². The van der Waals surface area contributed by atoms with Gasteiger partial charge in [-0.3, -0.25) is 9.59 Å². The van der Waals surface area contributed by atoms with Crippen LogP contribution in [0.3, 0.4) is 0 Å². The maximum absolute atomic E-state index is 12.2. The van der Waals surface area contributed by atoms with Gasteiger partial charge in [-0.15, -0.1) is 0 Å². The Morgan fingerprint density at radius 1 is 1.12 bits per heavy atom. The summed E-state index contributed by atoms with van der Waals surface area (Å²) in [5.41, 5.74) is 0. The summed E-state index contributed by atoms with van der Waals surface area (Å²) in [6, 6.07) is 2.79. The second-order valence-corrected chi connectivity index (χ2v) is 8.27. The number of nitrogens with zero attached hydrogens (tertiary/aromatic N) is 1. The van der Waals surface area contributed by atoms with Gasteiger partial charge in [-0.25, -0.2) is 0 Å². The minimum atomic E-state index is -0.0722. The van der Waals surface area contributed by atoms with Crippen LogP contribution in [0.15, 0.2) is 0 Å². The maximum atomic E-state index is 12.2. The van der Waals surface area contributed by atoms with E-state index in [0.717, 1.165) is 19.3 Å². The second-order valence-electron chi connectivity index (χ2n) is 8.27. The van der Waals surface area contributed by atoms with Crippen molar-refractivity contribution in [3.63, 3.8) is 0 Å². The monoisotopic (exact) mass is 347 g/mol. The number of carbonyl (C=O) groups is 2. The minimum absolute atomic E-state index is 0.0180. The summed E-state index contributed by atoms with van der Waals surface area (Å²) < 4.78 is 5.81. The third-order valence-electron chi connectivity index (χ3n) is 6.16. The van der Waals surface area contributed by atoms with Crippen molar-refractivity contribution in [1.82, 2.24) is 10.6 Å². The summed E-state index contributed by atoms with van der Waals surface area (Å²) in [6.45, 7) is 6.28. The van der Waals surface area contributed by atoms with Gasteiger partial charge in [-0.1, -0.05) is 20.8 Å². The summed E-state index contributed by atoms with van der Waals surface area (Å²) in [5, 5.41) is 15.0. The summed E-state index contributed by atoms with van der Waals surface area (Å²) in [7, 11) is 0. The smallest absolute Gasteiger partial charge is 0.223 e. The van der Waals surface area contributed by atoms with Crippen molar-refractivity contribution in [2.24, 2.45) is 29.6 Å². The lowest BCUT2D eigenvalue weighted by Crippen LogP contribution is -2.69. The highest BCUT2D eigenvalue weighted by molar-refractivity contribution is 5.79. The Labute approximate surface area is 149 Å². The van der Waals surface area contributed by atoms with E-state index in [4.69, 9.17) is 10.00 Å². The van der Waals surface area contributed by atoms with Crippen LogP contribution in [-0.4, -0.2) is 36.6 Å². The zero-order valence-corrected chi connectivity index (χ0v) is 15.3. The fourth-order valence-corrected chi connectivity index (χ4v) is 3.89. The third-order valence-corrected chi connectivity index (χ3v) is 6.16. The molecule has 4 aliphatic carbocycles. The average molecular weight is 347 g/mol. The molecule has 25 heavy (non-hydrogen) atoms. The standard InChI is InChI=1S/C19H29N3O3/c1-10(2)18(23)21-12-6-13(7-12)25-5-4-11(3)19(24)22-17-14-8-15(17)16(14)9-20/h10-17H,4-8H2,1-3H3,(H,21,23)(H,22,24). The molecule has 4 aliphatic rings. The zero-order valence-electron chi connectivity index (χ0n) is 15.3.